The van der Waals surface area contributed by atoms with Crippen LogP contribution < -0.4 is 10.5 Å². The van der Waals surface area contributed by atoms with Crippen molar-refractivity contribution in [2.24, 2.45) is 0 Å². The van der Waals surface area contributed by atoms with Crippen molar-refractivity contribution in [1.82, 2.24) is 10.2 Å². The molecule has 2 N–H and O–H groups in total. The Morgan fingerprint density at radius 2 is 1.83 bits per heavy atom. The lowest BCUT2D eigenvalue weighted by molar-refractivity contribution is 0.453. The zero-order valence-electron chi connectivity index (χ0n) is 10.8. The van der Waals surface area contributed by atoms with Gasteiger partial charge in [-0.05, 0) is 29.2 Å². The third-order valence-corrected chi connectivity index (χ3v) is 2.58. The molecule has 0 unspecified atom stereocenters. The highest BCUT2D eigenvalue weighted by Crippen LogP contribution is 2.27. The first-order chi connectivity index (χ1) is 8.45. The van der Waals surface area contributed by atoms with Gasteiger partial charge in [0.15, 0.2) is 0 Å². The Kier molecular flexibility index (Phi) is 3.19. The zero-order valence-corrected chi connectivity index (χ0v) is 10.8. The molecule has 18 heavy (non-hydrogen) atoms. The van der Waals surface area contributed by atoms with E-state index in [0.717, 1.165) is 5.75 Å². The molecule has 1 aromatic heterocycles. The van der Waals surface area contributed by atoms with Crippen molar-refractivity contribution < 1.29 is 4.74 Å². The molecule has 0 saturated carbocycles. The number of nitrogens with two attached hydrogens (primary N) is 1. The monoisotopic (exact) mass is 243 g/mol. The first-order valence-electron chi connectivity index (χ1n) is 5.83. The van der Waals surface area contributed by atoms with Crippen LogP contribution in [0.2, 0.25) is 0 Å². The molecule has 4 heteroatoms. The van der Waals surface area contributed by atoms with Crippen molar-refractivity contribution >= 4 is 5.82 Å². The first kappa shape index (κ1) is 12.4. The summed E-state index contributed by atoms with van der Waals surface area (Å²) < 4.78 is 5.64. The van der Waals surface area contributed by atoms with Gasteiger partial charge in [-0.15, -0.1) is 10.2 Å². The molecule has 0 fully saturated rings. The highest BCUT2D eigenvalue weighted by atomic mass is 16.5. The summed E-state index contributed by atoms with van der Waals surface area (Å²) in [6, 6.07) is 11.3. The summed E-state index contributed by atoms with van der Waals surface area (Å²) in [6.45, 7) is 6.49. The second kappa shape index (κ2) is 4.64. The molecule has 94 valence electrons. The van der Waals surface area contributed by atoms with Gasteiger partial charge in [-0.1, -0.05) is 32.9 Å². The van der Waals surface area contributed by atoms with Crippen molar-refractivity contribution in [3.8, 4) is 11.6 Å². The van der Waals surface area contributed by atoms with Gasteiger partial charge in [0.25, 0.3) is 0 Å². The number of hydrogen-bond donors (Lipinski definition) is 1. The van der Waals surface area contributed by atoms with Gasteiger partial charge in [0.2, 0.25) is 5.88 Å². The summed E-state index contributed by atoms with van der Waals surface area (Å²) >= 11 is 0. The highest BCUT2D eigenvalue weighted by molar-refractivity contribution is 5.35. The van der Waals surface area contributed by atoms with Crippen molar-refractivity contribution in [3.63, 3.8) is 0 Å². The Morgan fingerprint density at radius 3 is 2.44 bits per heavy atom. The maximum atomic E-state index is 5.64. The summed E-state index contributed by atoms with van der Waals surface area (Å²) in [4.78, 5) is 0. The number of rotatable bonds is 2. The minimum absolute atomic E-state index is 0.0894. The summed E-state index contributed by atoms with van der Waals surface area (Å²) in [6.07, 6.45) is 0. The predicted octanol–water partition coefficient (Wildman–Crippen LogP) is 3.15. The summed E-state index contributed by atoms with van der Waals surface area (Å²) in [5.41, 5.74) is 6.77. The Hall–Kier alpha value is -2.10. The fourth-order valence-corrected chi connectivity index (χ4v) is 1.53. The van der Waals surface area contributed by atoms with E-state index in [1.165, 1.54) is 5.56 Å². The average Bonchev–Trinajstić information content (AvgIpc) is 2.31. The van der Waals surface area contributed by atoms with Crippen molar-refractivity contribution in [3.05, 3.63) is 42.0 Å². The molecule has 0 aliphatic rings. The van der Waals surface area contributed by atoms with Crippen molar-refractivity contribution in [2.75, 3.05) is 5.73 Å². The maximum Gasteiger partial charge on any atom is 0.238 e. The molecule has 0 atom stereocenters. The molecule has 0 aliphatic heterocycles. The van der Waals surface area contributed by atoms with E-state index in [4.69, 9.17) is 10.5 Å². The second-order valence-electron chi connectivity index (χ2n) is 5.18. The lowest BCUT2D eigenvalue weighted by Crippen LogP contribution is -2.10. The van der Waals surface area contributed by atoms with E-state index in [1.807, 2.05) is 18.2 Å². The lowest BCUT2D eigenvalue weighted by Gasteiger charge is -2.19. The molecule has 2 aromatic rings. The molecular formula is C14H17N3O. The number of aromatic nitrogens is 2. The average molecular weight is 243 g/mol. The van der Waals surface area contributed by atoms with E-state index in [9.17, 15) is 0 Å². The van der Waals surface area contributed by atoms with Crippen LogP contribution in [-0.4, -0.2) is 10.2 Å². The number of hydrogen-bond acceptors (Lipinski definition) is 4. The van der Waals surface area contributed by atoms with Gasteiger partial charge in [-0.3, -0.25) is 0 Å². The van der Waals surface area contributed by atoms with E-state index < -0.39 is 0 Å². The largest absolute Gasteiger partial charge is 0.438 e. The SMILES string of the molecule is CC(C)(C)c1cccc(Oc2ccc(N)nn2)c1. The van der Waals surface area contributed by atoms with Gasteiger partial charge in [0.1, 0.15) is 11.6 Å². The molecule has 0 saturated heterocycles. The number of nitrogens with zero attached hydrogens (tertiary/aromatic N) is 2. The van der Waals surface area contributed by atoms with E-state index in [2.05, 4.69) is 37.0 Å². The van der Waals surface area contributed by atoms with Crippen LogP contribution in [0.4, 0.5) is 5.82 Å². The molecule has 0 aliphatic carbocycles. The van der Waals surface area contributed by atoms with E-state index in [0.29, 0.717) is 11.7 Å². The van der Waals surface area contributed by atoms with E-state index in [-0.39, 0.29) is 5.41 Å². The van der Waals surface area contributed by atoms with Crippen LogP contribution >= 0.6 is 0 Å². The maximum absolute atomic E-state index is 5.64. The smallest absolute Gasteiger partial charge is 0.238 e. The topological polar surface area (TPSA) is 61.0 Å². The van der Waals surface area contributed by atoms with Crippen molar-refractivity contribution in [2.45, 2.75) is 26.2 Å². The number of nitrogen functional groups attached to an aromatic ring is 1. The Labute approximate surface area is 107 Å². The molecular weight excluding hydrogens is 226 g/mol. The lowest BCUT2D eigenvalue weighted by atomic mass is 9.87. The summed E-state index contributed by atoms with van der Waals surface area (Å²) in [7, 11) is 0. The van der Waals surface area contributed by atoms with E-state index in [1.54, 1.807) is 12.1 Å². The molecule has 4 nitrogen and oxygen atoms in total. The molecule has 0 bridgehead atoms. The summed E-state index contributed by atoms with van der Waals surface area (Å²) in [5.74, 6) is 1.57. The predicted molar refractivity (Wildman–Crippen MR) is 71.7 cm³/mol. The van der Waals surface area contributed by atoms with Gasteiger partial charge in [-0.2, -0.15) is 0 Å². The fraction of sp³-hybridized carbons (Fsp3) is 0.286. The highest BCUT2D eigenvalue weighted by Gasteiger charge is 2.14. The fourth-order valence-electron chi connectivity index (χ4n) is 1.53. The Morgan fingerprint density at radius 1 is 1.06 bits per heavy atom. The van der Waals surface area contributed by atoms with Crippen LogP contribution in [0.15, 0.2) is 36.4 Å². The minimum Gasteiger partial charge on any atom is -0.438 e. The van der Waals surface area contributed by atoms with Crippen LogP contribution in [0.1, 0.15) is 26.3 Å². The van der Waals surface area contributed by atoms with Gasteiger partial charge in [0, 0.05) is 6.07 Å². The minimum atomic E-state index is 0.0894. The van der Waals surface area contributed by atoms with Crippen LogP contribution in [-0.2, 0) is 5.41 Å². The standard InChI is InChI=1S/C14H17N3O/c1-14(2,3)10-5-4-6-11(9-10)18-13-8-7-12(15)16-17-13/h4-9H,1-3H3,(H2,15,16). The Bertz CT molecular complexity index is 529. The molecule has 1 heterocycles. The third kappa shape index (κ3) is 2.97. The number of anilines is 1. The van der Waals surface area contributed by atoms with Crippen LogP contribution in [0.5, 0.6) is 11.6 Å². The van der Waals surface area contributed by atoms with Gasteiger partial charge in [0.05, 0.1) is 0 Å². The molecule has 0 radical (unpaired) electrons. The van der Waals surface area contributed by atoms with Crippen LogP contribution in [0.25, 0.3) is 0 Å². The number of ether oxygens (including phenoxy) is 1. The normalized spacial score (nSPS) is 11.3. The van der Waals surface area contributed by atoms with Gasteiger partial charge < -0.3 is 10.5 Å². The molecule has 0 amide bonds. The zero-order chi connectivity index (χ0) is 13.2. The quantitative estimate of drug-likeness (QED) is 0.880. The summed E-state index contributed by atoms with van der Waals surface area (Å²) in [5, 5.41) is 7.62. The number of benzene rings is 1. The Balaban J connectivity index is 2.22. The second-order valence-corrected chi connectivity index (χ2v) is 5.18. The molecule has 1 aromatic carbocycles. The van der Waals surface area contributed by atoms with Gasteiger partial charge >= 0.3 is 0 Å². The molecule has 2 rings (SSSR count). The van der Waals surface area contributed by atoms with Crippen molar-refractivity contribution in [1.29, 1.82) is 0 Å². The molecule has 0 spiro atoms. The third-order valence-electron chi connectivity index (χ3n) is 2.58. The first-order valence-corrected chi connectivity index (χ1v) is 5.83. The van der Waals surface area contributed by atoms with Crippen LogP contribution in [0.3, 0.4) is 0 Å². The van der Waals surface area contributed by atoms with Crippen LogP contribution in [0, 0.1) is 0 Å². The van der Waals surface area contributed by atoms with Gasteiger partial charge in [-0.25, -0.2) is 0 Å². The van der Waals surface area contributed by atoms with E-state index >= 15 is 0 Å².